The minimum atomic E-state index is 0.502. The fraction of sp³-hybridized carbons (Fsp3) is 0.706. The summed E-state index contributed by atoms with van der Waals surface area (Å²) in [7, 11) is 2.15. The first-order valence-corrected chi connectivity index (χ1v) is 8.04. The molecule has 2 heterocycles. The van der Waals surface area contributed by atoms with E-state index < -0.39 is 0 Å². The van der Waals surface area contributed by atoms with Crippen LogP contribution in [-0.4, -0.2) is 37.8 Å². The average molecular weight is 291 g/mol. The van der Waals surface area contributed by atoms with Gasteiger partial charge in [-0.25, -0.2) is 4.98 Å². The molecule has 1 N–H and O–H groups in total. The molecule has 4 nitrogen and oxygen atoms in total. The van der Waals surface area contributed by atoms with E-state index in [-0.39, 0.29) is 0 Å². The molecule has 1 aliphatic rings. The van der Waals surface area contributed by atoms with Crippen LogP contribution in [0.3, 0.4) is 0 Å². The molecule has 21 heavy (non-hydrogen) atoms. The maximum atomic E-state index is 5.44. The van der Waals surface area contributed by atoms with E-state index >= 15 is 0 Å². The number of aromatic nitrogens is 1. The van der Waals surface area contributed by atoms with E-state index in [1.54, 1.807) is 0 Å². The van der Waals surface area contributed by atoms with Gasteiger partial charge in [-0.2, -0.15) is 0 Å². The van der Waals surface area contributed by atoms with Gasteiger partial charge < -0.3 is 15.0 Å². The van der Waals surface area contributed by atoms with Gasteiger partial charge in [0.25, 0.3) is 0 Å². The predicted octanol–water partition coefficient (Wildman–Crippen LogP) is 2.75. The maximum absolute atomic E-state index is 5.44. The summed E-state index contributed by atoms with van der Waals surface area (Å²) in [6.45, 7) is 10.2. The van der Waals surface area contributed by atoms with Crippen LogP contribution in [0.25, 0.3) is 0 Å². The monoisotopic (exact) mass is 291 g/mol. The standard InChI is InChI=1S/C17H29N3O/c1-13(2)18-11-16-9-14(3)19-17(10-16)20(4)12-15-5-7-21-8-6-15/h9-10,13,15,18H,5-8,11-12H2,1-4H3. The first-order chi connectivity index (χ1) is 10.0. The highest BCUT2D eigenvalue weighted by molar-refractivity contribution is 5.42. The van der Waals surface area contributed by atoms with E-state index in [0.717, 1.165) is 56.6 Å². The minimum absolute atomic E-state index is 0.502. The van der Waals surface area contributed by atoms with Crippen LogP contribution in [0.15, 0.2) is 12.1 Å². The van der Waals surface area contributed by atoms with Gasteiger partial charge in [0.05, 0.1) is 0 Å². The van der Waals surface area contributed by atoms with E-state index in [4.69, 9.17) is 9.72 Å². The Labute approximate surface area is 128 Å². The molecule has 1 aromatic heterocycles. The third-order valence-corrected chi connectivity index (χ3v) is 3.98. The van der Waals surface area contributed by atoms with Crippen molar-refractivity contribution in [2.75, 3.05) is 31.7 Å². The van der Waals surface area contributed by atoms with Crippen molar-refractivity contribution in [2.24, 2.45) is 5.92 Å². The molecule has 1 saturated heterocycles. The smallest absolute Gasteiger partial charge is 0.128 e. The topological polar surface area (TPSA) is 37.4 Å². The fourth-order valence-electron chi connectivity index (χ4n) is 2.75. The number of hydrogen-bond donors (Lipinski definition) is 1. The lowest BCUT2D eigenvalue weighted by Gasteiger charge is -2.28. The number of rotatable bonds is 6. The molecule has 0 saturated carbocycles. The molecule has 0 unspecified atom stereocenters. The number of aryl methyl sites for hydroxylation is 1. The van der Waals surface area contributed by atoms with Crippen LogP contribution in [0.5, 0.6) is 0 Å². The highest BCUT2D eigenvalue weighted by Gasteiger charge is 2.17. The Morgan fingerprint density at radius 2 is 2.05 bits per heavy atom. The summed E-state index contributed by atoms with van der Waals surface area (Å²) in [5.74, 6) is 1.81. The molecule has 0 bridgehead atoms. The molecule has 0 aromatic carbocycles. The fourth-order valence-corrected chi connectivity index (χ4v) is 2.75. The van der Waals surface area contributed by atoms with Crippen molar-refractivity contribution < 1.29 is 4.74 Å². The number of nitrogens with zero attached hydrogens (tertiary/aromatic N) is 2. The van der Waals surface area contributed by atoms with Gasteiger partial charge in [-0.1, -0.05) is 13.8 Å². The normalized spacial score (nSPS) is 16.4. The van der Waals surface area contributed by atoms with Crippen molar-refractivity contribution in [3.05, 3.63) is 23.4 Å². The molecule has 0 atom stereocenters. The Bertz CT molecular complexity index is 442. The third kappa shape index (κ3) is 5.29. The summed E-state index contributed by atoms with van der Waals surface area (Å²) in [6, 6.07) is 4.88. The Hall–Kier alpha value is -1.13. The molecule has 1 aliphatic heterocycles. The molecule has 0 amide bonds. The lowest BCUT2D eigenvalue weighted by atomic mass is 10.00. The molecule has 2 rings (SSSR count). The molecule has 118 valence electrons. The lowest BCUT2D eigenvalue weighted by molar-refractivity contribution is 0.0685. The zero-order valence-electron chi connectivity index (χ0n) is 13.9. The molecule has 0 spiro atoms. The summed E-state index contributed by atoms with van der Waals surface area (Å²) in [5, 5.41) is 3.47. The minimum Gasteiger partial charge on any atom is -0.381 e. The van der Waals surface area contributed by atoms with Gasteiger partial charge >= 0.3 is 0 Å². The van der Waals surface area contributed by atoms with Crippen LogP contribution in [0, 0.1) is 12.8 Å². The van der Waals surface area contributed by atoms with Crippen LogP contribution in [0.4, 0.5) is 5.82 Å². The highest BCUT2D eigenvalue weighted by atomic mass is 16.5. The van der Waals surface area contributed by atoms with E-state index in [0.29, 0.717) is 6.04 Å². The van der Waals surface area contributed by atoms with Gasteiger partial charge in [-0.3, -0.25) is 0 Å². The molecule has 4 heteroatoms. The predicted molar refractivity (Wildman–Crippen MR) is 87.8 cm³/mol. The van der Waals surface area contributed by atoms with Crippen molar-refractivity contribution >= 4 is 5.82 Å². The maximum Gasteiger partial charge on any atom is 0.128 e. The molecule has 0 radical (unpaired) electrons. The molecule has 0 aliphatic carbocycles. The van der Waals surface area contributed by atoms with E-state index in [1.165, 1.54) is 5.56 Å². The lowest BCUT2D eigenvalue weighted by Crippen LogP contribution is -2.30. The van der Waals surface area contributed by atoms with Crippen LogP contribution in [0.1, 0.15) is 37.9 Å². The Kier molecular flexibility index (Phi) is 6.00. The Morgan fingerprint density at radius 3 is 2.71 bits per heavy atom. The average Bonchev–Trinajstić information content (AvgIpc) is 2.45. The van der Waals surface area contributed by atoms with Crippen molar-refractivity contribution in [3.8, 4) is 0 Å². The summed E-state index contributed by atoms with van der Waals surface area (Å²) >= 11 is 0. The SMILES string of the molecule is Cc1cc(CNC(C)C)cc(N(C)CC2CCOCC2)n1. The van der Waals surface area contributed by atoms with Crippen LogP contribution < -0.4 is 10.2 Å². The first kappa shape index (κ1) is 16.2. The summed E-state index contributed by atoms with van der Waals surface area (Å²) in [4.78, 5) is 6.99. The quantitative estimate of drug-likeness (QED) is 0.874. The van der Waals surface area contributed by atoms with Crippen molar-refractivity contribution in [2.45, 2.75) is 46.2 Å². The van der Waals surface area contributed by atoms with Crippen molar-refractivity contribution in [1.82, 2.24) is 10.3 Å². The highest BCUT2D eigenvalue weighted by Crippen LogP contribution is 2.20. The Balaban J connectivity index is 1.99. The zero-order chi connectivity index (χ0) is 15.2. The molecule has 1 aromatic rings. The van der Waals surface area contributed by atoms with Gasteiger partial charge in [-0.05, 0) is 43.4 Å². The van der Waals surface area contributed by atoms with Gasteiger partial charge in [0.15, 0.2) is 0 Å². The van der Waals surface area contributed by atoms with Crippen LogP contribution in [-0.2, 0) is 11.3 Å². The second-order valence-corrected chi connectivity index (χ2v) is 6.45. The number of anilines is 1. The van der Waals surface area contributed by atoms with Gasteiger partial charge in [0.1, 0.15) is 5.82 Å². The number of ether oxygens (including phenoxy) is 1. The summed E-state index contributed by atoms with van der Waals surface area (Å²) in [5.41, 5.74) is 2.40. The molecular weight excluding hydrogens is 262 g/mol. The van der Waals surface area contributed by atoms with Crippen LogP contribution >= 0.6 is 0 Å². The molecular formula is C17H29N3O. The van der Waals surface area contributed by atoms with Gasteiger partial charge in [-0.15, -0.1) is 0 Å². The van der Waals surface area contributed by atoms with E-state index in [1.807, 2.05) is 0 Å². The number of pyridine rings is 1. The third-order valence-electron chi connectivity index (χ3n) is 3.98. The van der Waals surface area contributed by atoms with E-state index in [2.05, 4.69) is 50.2 Å². The largest absolute Gasteiger partial charge is 0.381 e. The summed E-state index contributed by atoms with van der Waals surface area (Å²) in [6.07, 6.45) is 2.33. The van der Waals surface area contributed by atoms with E-state index in [9.17, 15) is 0 Å². The number of nitrogens with one attached hydrogen (secondary N) is 1. The zero-order valence-corrected chi connectivity index (χ0v) is 13.9. The van der Waals surface area contributed by atoms with Crippen molar-refractivity contribution in [3.63, 3.8) is 0 Å². The Morgan fingerprint density at radius 1 is 1.33 bits per heavy atom. The number of hydrogen-bond acceptors (Lipinski definition) is 4. The molecule has 1 fully saturated rings. The second-order valence-electron chi connectivity index (χ2n) is 6.45. The van der Waals surface area contributed by atoms with Crippen molar-refractivity contribution in [1.29, 1.82) is 0 Å². The van der Waals surface area contributed by atoms with Gasteiger partial charge in [0.2, 0.25) is 0 Å². The van der Waals surface area contributed by atoms with Gasteiger partial charge in [0, 0.05) is 45.1 Å². The van der Waals surface area contributed by atoms with Crippen LogP contribution in [0.2, 0.25) is 0 Å². The second kappa shape index (κ2) is 7.76. The first-order valence-electron chi connectivity index (χ1n) is 8.04. The summed E-state index contributed by atoms with van der Waals surface area (Å²) < 4.78 is 5.44.